The van der Waals surface area contributed by atoms with Crippen molar-refractivity contribution in [1.29, 1.82) is 0 Å². The van der Waals surface area contributed by atoms with Crippen LogP contribution in [-0.2, 0) is 0 Å². The van der Waals surface area contributed by atoms with Crippen molar-refractivity contribution >= 4 is 11.7 Å². The van der Waals surface area contributed by atoms with E-state index in [0.717, 1.165) is 0 Å². The molecular formula is C10H16N4O. The minimum Gasteiger partial charge on any atom is -0.383 e. The monoisotopic (exact) mass is 208 g/mol. The maximum atomic E-state index is 11.8. The van der Waals surface area contributed by atoms with E-state index < -0.39 is 0 Å². The molecule has 15 heavy (non-hydrogen) atoms. The van der Waals surface area contributed by atoms with Gasteiger partial charge in [-0.05, 0) is 32.6 Å². The number of aromatic amines is 1. The van der Waals surface area contributed by atoms with Crippen LogP contribution in [0.4, 0.5) is 5.82 Å². The fourth-order valence-corrected chi connectivity index (χ4v) is 1.74. The highest BCUT2D eigenvalue weighted by Gasteiger charge is 2.39. The zero-order valence-corrected chi connectivity index (χ0v) is 9.00. The number of hydrogen-bond acceptors (Lipinski definition) is 3. The lowest BCUT2D eigenvalue weighted by atomic mass is 9.98. The summed E-state index contributed by atoms with van der Waals surface area (Å²) in [6, 6.07) is 0. The Morgan fingerprint density at radius 1 is 1.67 bits per heavy atom. The molecule has 4 N–H and O–H groups in total. The number of amides is 1. The van der Waals surface area contributed by atoms with Gasteiger partial charge >= 0.3 is 0 Å². The summed E-state index contributed by atoms with van der Waals surface area (Å²) in [5.74, 6) is 0.756. The van der Waals surface area contributed by atoms with Gasteiger partial charge in [-0.15, -0.1) is 0 Å². The molecule has 0 radical (unpaired) electrons. The van der Waals surface area contributed by atoms with E-state index in [0.29, 0.717) is 17.3 Å². The molecule has 0 bridgehead atoms. The number of hydrogen-bond donors (Lipinski definition) is 3. The van der Waals surface area contributed by atoms with E-state index in [1.807, 2.05) is 13.8 Å². The fraction of sp³-hybridized carbons (Fsp3) is 0.600. The number of nitrogens with one attached hydrogen (secondary N) is 2. The van der Waals surface area contributed by atoms with E-state index >= 15 is 0 Å². The van der Waals surface area contributed by atoms with Crippen LogP contribution in [-0.4, -0.2) is 21.6 Å². The number of H-pyrrole nitrogens is 1. The maximum absolute atomic E-state index is 11.8. The van der Waals surface area contributed by atoms with Crippen LogP contribution in [0.1, 0.15) is 37.0 Å². The van der Waals surface area contributed by atoms with Crippen LogP contribution in [0.15, 0.2) is 6.20 Å². The van der Waals surface area contributed by atoms with Gasteiger partial charge in [-0.2, -0.15) is 5.10 Å². The van der Waals surface area contributed by atoms with Gasteiger partial charge in [0.2, 0.25) is 0 Å². The van der Waals surface area contributed by atoms with Crippen molar-refractivity contribution in [2.45, 2.75) is 32.2 Å². The van der Waals surface area contributed by atoms with Gasteiger partial charge in [-0.1, -0.05) is 0 Å². The van der Waals surface area contributed by atoms with E-state index in [1.54, 1.807) is 0 Å². The standard InChI is InChI=1S/C10H16N4O/c1-10(2,6-3-4-6)13-9(15)7-5-12-14-8(7)11/h5-6H,3-4H2,1-2H3,(H,13,15)(H3,11,12,14). The van der Waals surface area contributed by atoms with Gasteiger partial charge in [0, 0.05) is 5.54 Å². The van der Waals surface area contributed by atoms with Crippen LogP contribution < -0.4 is 11.1 Å². The van der Waals surface area contributed by atoms with Crippen LogP contribution in [0, 0.1) is 5.92 Å². The van der Waals surface area contributed by atoms with Crippen molar-refractivity contribution in [3.63, 3.8) is 0 Å². The quantitative estimate of drug-likeness (QED) is 0.690. The third-order valence-electron chi connectivity index (χ3n) is 2.95. The average molecular weight is 208 g/mol. The Hall–Kier alpha value is -1.52. The van der Waals surface area contributed by atoms with Gasteiger partial charge in [0.25, 0.3) is 5.91 Å². The molecule has 1 aliphatic carbocycles. The first kappa shape index (κ1) is 10.0. The van der Waals surface area contributed by atoms with Crippen molar-refractivity contribution in [3.05, 3.63) is 11.8 Å². The summed E-state index contributed by atoms with van der Waals surface area (Å²) in [6.45, 7) is 4.08. The molecule has 0 saturated heterocycles. The highest BCUT2D eigenvalue weighted by atomic mass is 16.1. The first-order chi connectivity index (χ1) is 7.00. The Bertz CT molecular complexity index is 379. The predicted octanol–water partition coefficient (Wildman–Crippen LogP) is 0.910. The smallest absolute Gasteiger partial charge is 0.257 e. The molecule has 0 atom stereocenters. The number of rotatable bonds is 3. The molecular weight excluding hydrogens is 192 g/mol. The van der Waals surface area contributed by atoms with Crippen LogP contribution in [0.25, 0.3) is 0 Å². The zero-order chi connectivity index (χ0) is 11.1. The number of carbonyl (C=O) groups is 1. The van der Waals surface area contributed by atoms with Crippen molar-refractivity contribution in [2.75, 3.05) is 5.73 Å². The summed E-state index contributed by atoms with van der Waals surface area (Å²) in [6.07, 6.45) is 3.83. The Kier molecular flexibility index (Phi) is 2.17. The summed E-state index contributed by atoms with van der Waals surface area (Å²) in [4.78, 5) is 11.8. The molecule has 1 aromatic heterocycles. The Labute approximate surface area is 88.4 Å². The second-order valence-corrected chi connectivity index (χ2v) is 4.65. The van der Waals surface area contributed by atoms with E-state index in [-0.39, 0.29) is 11.4 Å². The van der Waals surface area contributed by atoms with Crippen molar-refractivity contribution < 1.29 is 4.79 Å². The van der Waals surface area contributed by atoms with Crippen molar-refractivity contribution in [1.82, 2.24) is 15.5 Å². The Morgan fingerprint density at radius 2 is 2.33 bits per heavy atom. The molecule has 82 valence electrons. The Balaban J connectivity index is 2.06. The molecule has 0 unspecified atom stereocenters. The molecule has 1 fully saturated rings. The molecule has 5 nitrogen and oxygen atoms in total. The molecule has 2 rings (SSSR count). The van der Waals surface area contributed by atoms with Gasteiger partial charge in [0.05, 0.1) is 6.20 Å². The van der Waals surface area contributed by atoms with Crippen LogP contribution >= 0.6 is 0 Å². The van der Waals surface area contributed by atoms with Crippen molar-refractivity contribution in [3.8, 4) is 0 Å². The summed E-state index contributed by atoms with van der Waals surface area (Å²) in [5.41, 5.74) is 5.84. The molecule has 5 heteroatoms. The van der Waals surface area contributed by atoms with E-state index in [1.165, 1.54) is 19.0 Å². The second-order valence-electron chi connectivity index (χ2n) is 4.65. The number of anilines is 1. The Morgan fingerprint density at radius 3 is 2.80 bits per heavy atom. The number of nitrogen functional groups attached to an aromatic ring is 1. The third-order valence-corrected chi connectivity index (χ3v) is 2.95. The maximum Gasteiger partial charge on any atom is 0.257 e. The number of nitrogens with two attached hydrogens (primary N) is 1. The van der Waals surface area contributed by atoms with Gasteiger partial charge < -0.3 is 11.1 Å². The van der Waals surface area contributed by atoms with Crippen LogP contribution in [0.5, 0.6) is 0 Å². The highest BCUT2D eigenvalue weighted by Crippen LogP contribution is 2.39. The lowest BCUT2D eigenvalue weighted by molar-refractivity contribution is 0.0904. The molecule has 1 heterocycles. The molecule has 1 aromatic rings. The van der Waals surface area contributed by atoms with Gasteiger partial charge in [-0.3, -0.25) is 9.89 Å². The van der Waals surface area contributed by atoms with Crippen molar-refractivity contribution in [2.24, 2.45) is 5.92 Å². The number of carbonyl (C=O) groups excluding carboxylic acids is 1. The van der Waals surface area contributed by atoms with Gasteiger partial charge in [-0.25, -0.2) is 0 Å². The third kappa shape index (κ3) is 1.95. The minimum atomic E-state index is -0.154. The SMILES string of the molecule is CC(C)(NC(=O)c1cn[nH]c1N)C1CC1. The summed E-state index contributed by atoms with van der Waals surface area (Å²) < 4.78 is 0. The van der Waals surface area contributed by atoms with Crippen LogP contribution in [0.2, 0.25) is 0 Å². The number of aromatic nitrogens is 2. The lowest BCUT2D eigenvalue weighted by Gasteiger charge is -2.25. The highest BCUT2D eigenvalue weighted by molar-refractivity contribution is 5.98. The second kappa shape index (κ2) is 3.25. The summed E-state index contributed by atoms with van der Waals surface area (Å²) in [7, 11) is 0. The summed E-state index contributed by atoms with van der Waals surface area (Å²) in [5, 5.41) is 9.25. The minimum absolute atomic E-state index is 0.152. The molecule has 1 saturated carbocycles. The average Bonchev–Trinajstić information content (AvgIpc) is 2.89. The van der Waals surface area contributed by atoms with Crippen LogP contribution in [0.3, 0.4) is 0 Å². The molecule has 0 aliphatic heterocycles. The predicted molar refractivity (Wildman–Crippen MR) is 57.3 cm³/mol. The number of nitrogens with zero attached hydrogens (tertiary/aromatic N) is 1. The normalized spacial score (nSPS) is 16.4. The molecule has 0 spiro atoms. The molecule has 0 aromatic carbocycles. The fourth-order valence-electron chi connectivity index (χ4n) is 1.74. The van der Waals surface area contributed by atoms with E-state index in [9.17, 15) is 4.79 Å². The van der Waals surface area contributed by atoms with E-state index in [4.69, 9.17) is 5.73 Å². The van der Waals surface area contributed by atoms with E-state index in [2.05, 4.69) is 15.5 Å². The first-order valence-electron chi connectivity index (χ1n) is 5.12. The summed E-state index contributed by atoms with van der Waals surface area (Å²) >= 11 is 0. The first-order valence-corrected chi connectivity index (χ1v) is 5.12. The molecule has 1 aliphatic rings. The molecule has 1 amide bonds. The van der Waals surface area contributed by atoms with Gasteiger partial charge in [0.15, 0.2) is 0 Å². The zero-order valence-electron chi connectivity index (χ0n) is 9.00. The lowest BCUT2D eigenvalue weighted by Crippen LogP contribution is -2.45. The van der Waals surface area contributed by atoms with Gasteiger partial charge in [0.1, 0.15) is 11.4 Å². The largest absolute Gasteiger partial charge is 0.383 e. The topological polar surface area (TPSA) is 83.8 Å².